The van der Waals surface area contributed by atoms with Crippen LogP contribution in [0, 0.1) is 23.2 Å². The standard InChI is InChI=1S/C34H43ClN10O7S/c1-7-12-37-31-27-32(42-22(41-31)11-9-19-8-10-21(35)53-19)45(18-40-27)28-20-13-34(20,33(50)36-2)30(52-26(49)15-39-24(47)17-44(5)6)29(28)51-25(48)14-38-23(46)16-43(3)4/h8,10,18,20,28-30H,7,12-17H2,1-6H3,(H,36,50)(H,38,46)(H,39,47)(H,37,41,42)/t20-,28-,29+,30?,34+/m1/s1. The van der Waals surface area contributed by atoms with Gasteiger partial charge in [-0.3, -0.25) is 24.0 Å². The van der Waals surface area contributed by atoms with Gasteiger partial charge in [-0.15, -0.1) is 11.3 Å². The molecule has 0 aromatic carbocycles. The zero-order chi connectivity index (χ0) is 38.4. The Morgan fingerprint density at radius 3 is 2.25 bits per heavy atom. The minimum absolute atomic E-state index is 0.0425. The highest BCUT2D eigenvalue weighted by Gasteiger charge is 2.78. The van der Waals surface area contributed by atoms with Gasteiger partial charge >= 0.3 is 11.9 Å². The van der Waals surface area contributed by atoms with Crippen molar-refractivity contribution in [1.82, 2.24) is 45.3 Å². The van der Waals surface area contributed by atoms with Crippen molar-refractivity contribution >= 4 is 69.6 Å². The highest BCUT2D eigenvalue weighted by molar-refractivity contribution is 7.16. The van der Waals surface area contributed by atoms with Gasteiger partial charge in [0.2, 0.25) is 23.5 Å². The van der Waals surface area contributed by atoms with Gasteiger partial charge in [-0.25, -0.2) is 15.0 Å². The van der Waals surface area contributed by atoms with Gasteiger partial charge in [0, 0.05) is 19.5 Å². The first kappa shape index (κ1) is 39.4. The summed E-state index contributed by atoms with van der Waals surface area (Å²) < 4.78 is 14.3. The predicted octanol–water partition coefficient (Wildman–Crippen LogP) is 0.249. The molecule has 0 bridgehead atoms. The third-order valence-electron chi connectivity index (χ3n) is 8.73. The van der Waals surface area contributed by atoms with E-state index in [1.54, 1.807) is 54.7 Å². The lowest BCUT2D eigenvalue weighted by Crippen LogP contribution is -2.48. The number of anilines is 1. The number of imidazole rings is 1. The molecule has 0 spiro atoms. The number of rotatable bonds is 15. The van der Waals surface area contributed by atoms with Crippen molar-refractivity contribution in [2.75, 3.05) is 73.3 Å². The molecule has 3 aromatic heterocycles. The first-order chi connectivity index (χ1) is 25.3. The number of amides is 3. The summed E-state index contributed by atoms with van der Waals surface area (Å²) >= 11 is 7.41. The third-order valence-corrected chi connectivity index (χ3v) is 9.87. The summed E-state index contributed by atoms with van der Waals surface area (Å²) in [6.45, 7) is 1.73. The SMILES string of the molecule is CCCNc1nc(C#Cc2ccc(Cl)s2)nc2c1ncn2[C@H]1[C@H](OC(=O)CNC(=O)CN(C)C)C(OC(=O)CNC(=O)CN(C)C)[C@]2(C(=O)NC)C[C@H]12. The summed E-state index contributed by atoms with van der Waals surface area (Å²) in [6, 6.07) is 2.74. The van der Waals surface area contributed by atoms with Crippen molar-refractivity contribution in [3.63, 3.8) is 0 Å². The molecule has 2 aliphatic carbocycles. The molecule has 2 saturated carbocycles. The van der Waals surface area contributed by atoms with Gasteiger partial charge in [0.05, 0.1) is 40.1 Å². The van der Waals surface area contributed by atoms with E-state index < -0.39 is 72.3 Å². The molecular formula is C34H43ClN10O7S. The van der Waals surface area contributed by atoms with E-state index in [-0.39, 0.29) is 25.3 Å². The molecule has 5 atom stereocenters. The second kappa shape index (κ2) is 16.9. The monoisotopic (exact) mass is 770 g/mol. The van der Waals surface area contributed by atoms with E-state index in [1.165, 1.54) is 24.7 Å². The number of esters is 2. The van der Waals surface area contributed by atoms with Gasteiger partial charge in [-0.2, -0.15) is 0 Å². The Morgan fingerprint density at radius 1 is 1.00 bits per heavy atom. The number of aromatic nitrogens is 4. The van der Waals surface area contributed by atoms with E-state index in [2.05, 4.69) is 43.1 Å². The van der Waals surface area contributed by atoms with Crippen LogP contribution in [0.25, 0.3) is 11.2 Å². The van der Waals surface area contributed by atoms with Crippen LogP contribution < -0.4 is 21.3 Å². The van der Waals surface area contributed by atoms with Crippen LogP contribution in [0.4, 0.5) is 5.82 Å². The number of halogens is 1. The predicted molar refractivity (Wildman–Crippen MR) is 196 cm³/mol. The topological polar surface area (TPSA) is 202 Å². The molecule has 1 unspecified atom stereocenters. The minimum atomic E-state index is -1.28. The van der Waals surface area contributed by atoms with Crippen molar-refractivity contribution in [3.8, 4) is 11.8 Å². The number of ether oxygens (including phenoxy) is 2. The summed E-state index contributed by atoms with van der Waals surface area (Å²) in [6.07, 6.45) is 0.111. The second-order valence-corrected chi connectivity index (χ2v) is 15.0. The molecule has 53 heavy (non-hydrogen) atoms. The molecule has 3 heterocycles. The number of nitrogens with one attached hydrogen (secondary N) is 4. The Hall–Kier alpha value is -4.83. The van der Waals surface area contributed by atoms with Crippen LogP contribution in [0.1, 0.15) is 36.5 Å². The molecule has 2 fully saturated rings. The Balaban J connectivity index is 1.55. The van der Waals surface area contributed by atoms with Crippen LogP contribution >= 0.6 is 22.9 Å². The Bertz CT molecular complexity index is 1940. The number of carbonyl (C=O) groups is 5. The molecule has 0 radical (unpaired) electrons. The van der Waals surface area contributed by atoms with Crippen molar-refractivity contribution < 1.29 is 33.4 Å². The first-order valence-electron chi connectivity index (χ1n) is 17.0. The molecule has 3 aromatic rings. The van der Waals surface area contributed by atoms with E-state index in [0.717, 1.165) is 6.42 Å². The van der Waals surface area contributed by atoms with Crippen LogP contribution in [-0.4, -0.2) is 139 Å². The minimum Gasteiger partial charge on any atom is -0.456 e. The quantitative estimate of drug-likeness (QED) is 0.121. The molecule has 17 nitrogen and oxygen atoms in total. The van der Waals surface area contributed by atoms with E-state index in [9.17, 15) is 24.0 Å². The third kappa shape index (κ3) is 9.04. The molecule has 2 aliphatic rings. The van der Waals surface area contributed by atoms with Crippen LogP contribution in [0.3, 0.4) is 0 Å². The highest BCUT2D eigenvalue weighted by atomic mass is 35.5. The van der Waals surface area contributed by atoms with Crippen molar-refractivity contribution in [1.29, 1.82) is 0 Å². The van der Waals surface area contributed by atoms with Gasteiger partial charge in [0.1, 0.15) is 13.1 Å². The highest BCUT2D eigenvalue weighted by Crippen LogP contribution is 2.69. The van der Waals surface area contributed by atoms with E-state index in [4.69, 9.17) is 26.1 Å². The summed E-state index contributed by atoms with van der Waals surface area (Å²) in [7, 11) is 8.32. The van der Waals surface area contributed by atoms with Gasteiger partial charge in [0.25, 0.3) is 0 Å². The first-order valence-corrected chi connectivity index (χ1v) is 18.2. The Morgan fingerprint density at radius 2 is 1.66 bits per heavy atom. The van der Waals surface area contributed by atoms with Crippen LogP contribution in [0.5, 0.6) is 0 Å². The molecule has 284 valence electrons. The van der Waals surface area contributed by atoms with Crippen LogP contribution in [0.15, 0.2) is 18.5 Å². The van der Waals surface area contributed by atoms with Gasteiger partial charge < -0.3 is 45.1 Å². The summed E-state index contributed by atoms with van der Waals surface area (Å²) in [5, 5.41) is 11.0. The number of nitrogens with zero attached hydrogens (tertiary/aromatic N) is 6. The molecule has 0 saturated heterocycles. The number of likely N-dealkylation sites (N-methyl/N-ethyl adjacent to an activating group) is 2. The maximum atomic E-state index is 13.7. The fourth-order valence-corrected chi connectivity index (χ4v) is 7.40. The van der Waals surface area contributed by atoms with Gasteiger partial charge in [-0.1, -0.05) is 18.5 Å². The number of fused-ring (bicyclic) bond motifs is 2. The van der Waals surface area contributed by atoms with Gasteiger partial charge in [-0.05, 0) is 65.0 Å². The van der Waals surface area contributed by atoms with Crippen molar-refractivity contribution in [2.24, 2.45) is 11.3 Å². The molecule has 19 heteroatoms. The largest absolute Gasteiger partial charge is 0.456 e. The average Bonchev–Trinajstić information content (AvgIpc) is 3.32. The lowest BCUT2D eigenvalue weighted by molar-refractivity contribution is -0.173. The Kier molecular flexibility index (Phi) is 12.5. The Labute approximate surface area is 315 Å². The number of carbonyl (C=O) groups excluding carboxylic acids is 5. The molecule has 5 rings (SSSR count). The van der Waals surface area contributed by atoms with Crippen molar-refractivity contribution in [2.45, 2.75) is 38.0 Å². The number of hydrogen-bond acceptors (Lipinski definition) is 14. The van der Waals surface area contributed by atoms with Crippen LogP contribution in [-0.2, 0) is 33.4 Å². The van der Waals surface area contributed by atoms with E-state index in [0.29, 0.717) is 32.7 Å². The normalized spacial score (nSPS) is 21.4. The summed E-state index contributed by atoms with van der Waals surface area (Å²) in [4.78, 5) is 83.0. The fraction of sp³-hybridized carbons (Fsp3) is 0.529. The zero-order valence-electron chi connectivity index (χ0n) is 30.3. The molecular weight excluding hydrogens is 728 g/mol. The van der Waals surface area contributed by atoms with Crippen LogP contribution in [0.2, 0.25) is 4.34 Å². The van der Waals surface area contributed by atoms with E-state index in [1.807, 2.05) is 6.92 Å². The second-order valence-electron chi connectivity index (χ2n) is 13.3. The smallest absolute Gasteiger partial charge is 0.325 e. The maximum absolute atomic E-state index is 13.7. The lowest BCUT2D eigenvalue weighted by Gasteiger charge is -2.31. The molecule has 0 aliphatic heterocycles. The summed E-state index contributed by atoms with van der Waals surface area (Å²) in [5.74, 6) is 3.30. The van der Waals surface area contributed by atoms with E-state index >= 15 is 0 Å². The number of hydrogen-bond donors (Lipinski definition) is 4. The number of thiophene rings is 1. The fourth-order valence-electron chi connectivity index (χ4n) is 6.50. The molecule has 4 N–H and O–H groups in total. The zero-order valence-corrected chi connectivity index (χ0v) is 31.9. The summed E-state index contributed by atoms with van der Waals surface area (Å²) in [5.41, 5.74) is -0.520. The maximum Gasteiger partial charge on any atom is 0.325 e. The average molecular weight is 771 g/mol. The van der Waals surface area contributed by atoms with Gasteiger partial charge in [0.15, 0.2) is 29.2 Å². The molecule has 3 amide bonds. The lowest BCUT2D eigenvalue weighted by atomic mass is 9.97. The van der Waals surface area contributed by atoms with Crippen molar-refractivity contribution in [3.05, 3.63) is 33.5 Å².